The van der Waals surface area contributed by atoms with Gasteiger partial charge in [0, 0.05) is 35.8 Å². The second-order valence-corrected chi connectivity index (χ2v) is 23.2. The van der Waals surface area contributed by atoms with Crippen molar-refractivity contribution in [3.05, 3.63) is 139 Å². The van der Waals surface area contributed by atoms with Gasteiger partial charge in [-0.25, -0.2) is 0 Å². The molecular weight excluding hydrogens is 801 g/mol. The van der Waals surface area contributed by atoms with Crippen LogP contribution in [0.3, 0.4) is 0 Å². The van der Waals surface area contributed by atoms with Gasteiger partial charge in [0.05, 0.1) is 5.58 Å². The molecule has 0 bridgehead atoms. The van der Waals surface area contributed by atoms with E-state index in [9.17, 15) is 0 Å². The van der Waals surface area contributed by atoms with Gasteiger partial charge in [-0.3, -0.25) is 0 Å². The van der Waals surface area contributed by atoms with Crippen molar-refractivity contribution in [3.63, 3.8) is 0 Å². The Labute approximate surface area is 293 Å². The molecule has 0 aliphatic carbocycles. The van der Waals surface area contributed by atoms with Gasteiger partial charge >= 0.3 is 99.8 Å². The molecule has 0 fully saturated rings. The van der Waals surface area contributed by atoms with Crippen molar-refractivity contribution < 1.29 is 28.6 Å². The normalized spacial score (nSPS) is 12.5. The minimum atomic E-state index is -2.10. The molecule has 0 aliphatic rings. The van der Waals surface area contributed by atoms with Crippen molar-refractivity contribution in [1.29, 1.82) is 0 Å². The minimum absolute atomic E-state index is 0. The minimum Gasteiger partial charge on any atom is 0 e. The first kappa shape index (κ1) is 29.6. The molecule has 0 atom stereocenters. The largest absolute Gasteiger partial charge is 0 e. The summed E-state index contributed by atoms with van der Waals surface area (Å²) in [5, 5.41) is 2.05. The molecule has 7 aromatic rings. The molecule has 3 heterocycles. The summed E-state index contributed by atoms with van der Waals surface area (Å²) < 4.78 is 30.4. The van der Waals surface area contributed by atoms with Gasteiger partial charge in [-0.2, -0.15) is 0 Å². The molecule has 0 spiro atoms. The third-order valence-corrected chi connectivity index (χ3v) is 12.2. The Morgan fingerprint density at radius 3 is 2.24 bits per heavy atom. The number of hydrogen-bond donors (Lipinski definition) is 0. The first-order chi connectivity index (χ1) is 22.9. The van der Waals surface area contributed by atoms with Gasteiger partial charge in [-0.1, -0.05) is 78.4 Å². The van der Waals surface area contributed by atoms with E-state index in [0.717, 1.165) is 55.6 Å². The summed E-state index contributed by atoms with van der Waals surface area (Å²) in [6.45, 7) is 2.22. The Morgan fingerprint density at radius 2 is 1.57 bits per heavy atom. The molecule has 3 aromatic heterocycles. The Bertz CT molecular complexity index is 2170. The molecule has 3 nitrogen and oxygen atoms in total. The van der Waals surface area contributed by atoms with E-state index >= 15 is 0 Å². The smallest absolute Gasteiger partial charge is 0 e. The van der Waals surface area contributed by atoms with E-state index in [4.69, 9.17) is 8.53 Å². The van der Waals surface area contributed by atoms with E-state index in [1.165, 1.54) is 9.96 Å². The standard InChI is InChI=1S/C27H22NO.C14H16GeN.Ir/c1-17(2)20-13-14-28-25(15-20)24-6-4-5-23-22-12-11-21(16-26(22)29-27(23)24)19-9-7-18(3)8-10-19;1-15(2,3)13-9-10-14(16-11-13)12-7-5-4-6-8-12;/h4-5,7-17H,1-3H3;4-7,9-11H,1-3H3;/q2*-1;/i3D3;;. The molecular formula is C41H38GeIrN2O-2. The Kier molecular flexibility index (Phi) is 9.19. The number of aromatic nitrogens is 2. The third-order valence-electron chi connectivity index (χ3n) is 7.97. The van der Waals surface area contributed by atoms with Crippen molar-refractivity contribution in [2.24, 2.45) is 0 Å². The maximum Gasteiger partial charge on any atom is 0 e. The van der Waals surface area contributed by atoms with E-state index in [1.807, 2.05) is 79.1 Å². The molecule has 233 valence electrons. The number of rotatable bonds is 5. The van der Waals surface area contributed by atoms with Crippen LogP contribution in [-0.2, 0) is 20.1 Å². The van der Waals surface area contributed by atoms with Crippen LogP contribution in [0.4, 0.5) is 0 Å². The number of fused-ring (bicyclic) bond motifs is 3. The molecule has 0 saturated carbocycles. The SMILES string of the molecule is [2H]C([2H])([2H])c1ccc(-c2ccc3c(c2)oc2c(-c4cc(C(C)C)ccn4)[c-]ccc23)cc1.[CH3][Ge]([CH3])([CH3])[c]1ccc(-c2[c-]cccc2)nc1.[Ir]. The van der Waals surface area contributed by atoms with E-state index in [-0.39, 0.29) is 20.1 Å². The monoisotopic (exact) mass is 844 g/mol. The average Bonchev–Trinajstić information content (AvgIpc) is 3.46. The van der Waals surface area contributed by atoms with Crippen molar-refractivity contribution in [2.45, 2.75) is 43.9 Å². The molecule has 0 unspecified atom stereocenters. The number of nitrogens with zero attached hydrogens (tertiary/aromatic N) is 2. The molecule has 1 radical (unpaired) electrons. The fraction of sp³-hybridized carbons (Fsp3) is 0.171. The summed E-state index contributed by atoms with van der Waals surface area (Å²) in [5.74, 6) is 7.55. The quantitative estimate of drug-likeness (QED) is 0.128. The van der Waals surface area contributed by atoms with Crippen LogP contribution >= 0.6 is 0 Å². The summed E-state index contributed by atoms with van der Waals surface area (Å²) >= 11 is -1.72. The molecule has 5 heteroatoms. The van der Waals surface area contributed by atoms with Crippen LogP contribution in [0.15, 0.2) is 120 Å². The Morgan fingerprint density at radius 1 is 0.761 bits per heavy atom. The molecule has 0 amide bonds. The fourth-order valence-corrected chi connectivity index (χ4v) is 7.44. The molecule has 0 aliphatic heterocycles. The van der Waals surface area contributed by atoms with Crippen molar-refractivity contribution >= 4 is 39.6 Å². The topological polar surface area (TPSA) is 38.9 Å². The summed E-state index contributed by atoms with van der Waals surface area (Å²) in [6, 6.07) is 40.0. The summed E-state index contributed by atoms with van der Waals surface area (Å²) in [6.07, 6.45) is 3.87. The van der Waals surface area contributed by atoms with E-state index in [1.54, 1.807) is 12.1 Å². The van der Waals surface area contributed by atoms with Crippen LogP contribution in [0, 0.1) is 19.0 Å². The van der Waals surface area contributed by atoms with Crippen LogP contribution in [0.5, 0.6) is 0 Å². The van der Waals surface area contributed by atoms with E-state index in [2.05, 4.69) is 77.5 Å². The number of furan rings is 1. The molecule has 46 heavy (non-hydrogen) atoms. The zero-order chi connectivity index (χ0) is 34.1. The maximum absolute atomic E-state index is 7.56. The summed E-state index contributed by atoms with van der Waals surface area (Å²) in [5.41, 5.74) is 8.79. The van der Waals surface area contributed by atoms with Crippen molar-refractivity contribution in [1.82, 2.24) is 9.97 Å². The number of hydrogen-bond acceptors (Lipinski definition) is 3. The summed E-state index contributed by atoms with van der Waals surface area (Å²) in [7, 11) is 0. The summed E-state index contributed by atoms with van der Waals surface area (Å²) in [4.78, 5) is 9.10. The number of pyridine rings is 2. The van der Waals surface area contributed by atoms with Crippen LogP contribution in [0.2, 0.25) is 17.3 Å². The average molecular weight is 843 g/mol. The Hall–Kier alpha value is -3.83. The van der Waals surface area contributed by atoms with Crippen LogP contribution in [0.25, 0.3) is 55.6 Å². The van der Waals surface area contributed by atoms with Gasteiger partial charge in [-0.05, 0) is 41.7 Å². The second kappa shape index (κ2) is 14.3. The molecule has 7 rings (SSSR count). The van der Waals surface area contributed by atoms with Crippen molar-refractivity contribution in [3.8, 4) is 33.6 Å². The van der Waals surface area contributed by atoms with Gasteiger partial charge in [0.2, 0.25) is 0 Å². The predicted molar refractivity (Wildman–Crippen MR) is 192 cm³/mol. The van der Waals surface area contributed by atoms with Crippen LogP contribution < -0.4 is 4.40 Å². The predicted octanol–water partition coefficient (Wildman–Crippen LogP) is 10.6. The number of aryl methyl sites for hydroxylation is 1. The van der Waals surface area contributed by atoms with E-state index < -0.39 is 20.1 Å². The Balaban J connectivity index is 0.000000233. The van der Waals surface area contributed by atoms with Gasteiger partial charge in [-0.15, -0.1) is 18.2 Å². The van der Waals surface area contributed by atoms with Gasteiger partial charge in [0.15, 0.2) is 0 Å². The van der Waals surface area contributed by atoms with Crippen LogP contribution in [0.1, 0.15) is 35.0 Å². The molecule has 0 saturated heterocycles. The second-order valence-electron chi connectivity index (χ2n) is 12.6. The van der Waals surface area contributed by atoms with Gasteiger partial charge in [0.1, 0.15) is 5.58 Å². The van der Waals surface area contributed by atoms with Crippen molar-refractivity contribution in [2.75, 3.05) is 0 Å². The molecule has 0 N–H and O–H groups in total. The van der Waals surface area contributed by atoms with Crippen LogP contribution in [-0.4, -0.2) is 23.2 Å². The maximum atomic E-state index is 7.56. The third kappa shape index (κ3) is 7.42. The van der Waals surface area contributed by atoms with E-state index in [0.29, 0.717) is 11.5 Å². The first-order valence-electron chi connectivity index (χ1n) is 16.8. The number of benzene rings is 4. The van der Waals surface area contributed by atoms with Gasteiger partial charge < -0.3 is 9.40 Å². The van der Waals surface area contributed by atoms with Gasteiger partial charge in [0.25, 0.3) is 0 Å². The zero-order valence-electron chi connectivity index (χ0n) is 29.7. The molecule has 4 aromatic carbocycles. The fourth-order valence-electron chi connectivity index (χ4n) is 5.27. The first-order valence-corrected chi connectivity index (χ1v) is 22.6. The zero-order valence-corrected chi connectivity index (χ0v) is 31.2.